The third-order valence-electron chi connectivity index (χ3n) is 2.99. The topological polar surface area (TPSA) is 66.6 Å². The molecule has 0 bridgehead atoms. The first-order valence-electron chi connectivity index (χ1n) is 6.44. The highest BCUT2D eigenvalue weighted by atomic mass is 16.3. The maximum atomic E-state index is 12.0. The number of phenols is 1. The summed E-state index contributed by atoms with van der Waals surface area (Å²) in [7, 11) is 1.77. The lowest BCUT2D eigenvalue weighted by Crippen LogP contribution is -2.43. The quantitative estimate of drug-likeness (QED) is 0.580. The number of phenolic OH excluding ortho intramolecular Hbond substituents is 1. The van der Waals surface area contributed by atoms with Gasteiger partial charge in [-0.1, -0.05) is 18.2 Å². The standard InChI is InChI=1S/C15H22N2O2/c1-3-4-5-10-17(2)15(19)14(16)11-12-6-8-13(18)9-7-12/h3,6-9,14,18H,1,4-5,10-11,16H2,2H3. The summed E-state index contributed by atoms with van der Waals surface area (Å²) in [5, 5.41) is 9.19. The van der Waals surface area contributed by atoms with Gasteiger partial charge in [0, 0.05) is 13.6 Å². The van der Waals surface area contributed by atoms with Crippen LogP contribution in [-0.4, -0.2) is 35.5 Å². The Morgan fingerprint density at radius 3 is 2.68 bits per heavy atom. The first-order valence-corrected chi connectivity index (χ1v) is 6.44. The summed E-state index contributed by atoms with van der Waals surface area (Å²) in [5.74, 6) is 0.155. The number of aromatic hydroxyl groups is 1. The average molecular weight is 262 g/mol. The molecule has 104 valence electrons. The lowest BCUT2D eigenvalue weighted by Gasteiger charge is -2.21. The number of unbranched alkanes of at least 4 members (excludes halogenated alkanes) is 1. The summed E-state index contributed by atoms with van der Waals surface area (Å²) < 4.78 is 0. The van der Waals surface area contributed by atoms with Crippen LogP contribution >= 0.6 is 0 Å². The van der Waals surface area contributed by atoms with Crippen molar-refractivity contribution in [2.75, 3.05) is 13.6 Å². The van der Waals surface area contributed by atoms with Gasteiger partial charge in [-0.3, -0.25) is 4.79 Å². The molecule has 4 heteroatoms. The van der Waals surface area contributed by atoms with Crippen molar-refractivity contribution in [2.24, 2.45) is 5.73 Å². The van der Waals surface area contributed by atoms with Gasteiger partial charge in [0.25, 0.3) is 0 Å². The van der Waals surface area contributed by atoms with E-state index < -0.39 is 6.04 Å². The van der Waals surface area contributed by atoms with E-state index in [4.69, 9.17) is 5.73 Å². The number of benzene rings is 1. The van der Waals surface area contributed by atoms with Crippen molar-refractivity contribution in [3.05, 3.63) is 42.5 Å². The number of carbonyl (C=O) groups is 1. The monoisotopic (exact) mass is 262 g/mol. The zero-order valence-corrected chi connectivity index (χ0v) is 11.4. The fourth-order valence-electron chi connectivity index (χ4n) is 1.84. The van der Waals surface area contributed by atoms with E-state index in [1.807, 2.05) is 6.08 Å². The highest BCUT2D eigenvalue weighted by Gasteiger charge is 2.17. The van der Waals surface area contributed by atoms with E-state index in [0.717, 1.165) is 18.4 Å². The second kappa shape index (κ2) is 7.59. The minimum Gasteiger partial charge on any atom is -0.508 e. The number of nitrogens with two attached hydrogens (primary N) is 1. The number of carbonyl (C=O) groups excluding carboxylic acids is 1. The summed E-state index contributed by atoms with van der Waals surface area (Å²) in [6.45, 7) is 4.34. The van der Waals surface area contributed by atoms with Crippen LogP contribution in [-0.2, 0) is 11.2 Å². The van der Waals surface area contributed by atoms with Crippen LogP contribution in [0.1, 0.15) is 18.4 Å². The lowest BCUT2D eigenvalue weighted by atomic mass is 10.1. The van der Waals surface area contributed by atoms with E-state index in [-0.39, 0.29) is 11.7 Å². The normalized spacial score (nSPS) is 11.9. The summed E-state index contributed by atoms with van der Waals surface area (Å²) >= 11 is 0. The molecule has 1 rings (SSSR count). The Kier molecular flexibility index (Phi) is 6.09. The Bertz CT molecular complexity index is 415. The Morgan fingerprint density at radius 1 is 1.47 bits per heavy atom. The predicted octanol–water partition coefficient (Wildman–Crippen LogP) is 1.69. The summed E-state index contributed by atoms with van der Waals surface area (Å²) in [6, 6.07) is 6.21. The molecule has 1 amide bonds. The number of amides is 1. The molecule has 1 unspecified atom stereocenters. The highest BCUT2D eigenvalue weighted by Crippen LogP contribution is 2.11. The Hall–Kier alpha value is -1.81. The number of allylic oxidation sites excluding steroid dienone is 1. The van der Waals surface area contributed by atoms with Crippen LogP contribution in [0.5, 0.6) is 5.75 Å². The molecule has 0 radical (unpaired) electrons. The van der Waals surface area contributed by atoms with Gasteiger partial charge >= 0.3 is 0 Å². The van der Waals surface area contributed by atoms with Gasteiger partial charge in [0.1, 0.15) is 5.75 Å². The van der Waals surface area contributed by atoms with Crippen LogP contribution in [0, 0.1) is 0 Å². The van der Waals surface area contributed by atoms with Crippen LogP contribution in [0.4, 0.5) is 0 Å². The molecule has 19 heavy (non-hydrogen) atoms. The summed E-state index contributed by atoms with van der Waals surface area (Å²) in [4.78, 5) is 13.7. The lowest BCUT2D eigenvalue weighted by molar-refractivity contribution is -0.131. The van der Waals surface area contributed by atoms with Crippen molar-refractivity contribution in [3.8, 4) is 5.75 Å². The number of likely N-dealkylation sites (N-methyl/N-ethyl adjacent to an activating group) is 1. The van der Waals surface area contributed by atoms with E-state index in [1.54, 1.807) is 36.2 Å². The van der Waals surface area contributed by atoms with Gasteiger partial charge < -0.3 is 15.7 Å². The van der Waals surface area contributed by atoms with Crippen molar-refractivity contribution in [1.82, 2.24) is 4.90 Å². The van der Waals surface area contributed by atoms with Gasteiger partial charge in [0.05, 0.1) is 6.04 Å². The van der Waals surface area contributed by atoms with Crippen LogP contribution < -0.4 is 5.73 Å². The minimum atomic E-state index is -0.543. The van der Waals surface area contributed by atoms with Crippen molar-refractivity contribution in [1.29, 1.82) is 0 Å². The maximum Gasteiger partial charge on any atom is 0.239 e. The summed E-state index contributed by atoms with van der Waals surface area (Å²) in [5.41, 5.74) is 6.86. The van der Waals surface area contributed by atoms with Gasteiger partial charge in [-0.05, 0) is 37.0 Å². The van der Waals surface area contributed by atoms with Gasteiger partial charge in [0.15, 0.2) is 0 Å². The fraction of sp³-hybridized carbons (Fsp3) is 0.400. The molecule has 0 heterocycles. The van der Waals surface area contributed by atoms with Crippen molar-refractivity contribution < 1.29 is 9.90 Å². The minimum absolute atomic E-state index is 0.0582. The zero-order valence-electron chi connectivity index (χ0n) is 11.4. The molecule has 3 N–H and O–H groups in total. The summed E-state index contributed by atoms with van der Waals surface area (Å²) in [6.07, 6.45) is 4.11. The van der Waals surface area contributed by atoms with Gasteiger partial charge in [-0.15, -0.1) is 6.58 Å². The zero-order chi connectivity index (χ0) is 14.3. The molecule has 0 saturated carbocycles. The van der Waals surface area contributed by atoms with E-state index >= 15 is 0 Å². The van der Waals surface area contributed by atoms with Crippen molar-refractivity contribution in [3.63, 3.8) is 0 Å². The molecule has 1 aromatic rings. The van der Waals surface area contributed by atoms with Crippen LogP contribution in [0.2, 0.25) is 0 Å². The van der Waals surface area contributed by atoms with Crippen molar-refractivity contribution >= 4 is 5.91 Å². The van der Waals surface area contributed by atoms with Gasteiger partial charge in [0.2, 0.25) is 5.91 Å². The first kappa shape index (κ1) is 15.2. The van der Waals surface area contributed by atoms with Crippen LogP contribution in [0.3, 0.4) is 0 Å². The number of hydrogen-bond acceptors (Lipinski definition) is 3. The second-order valence-electron chi connectivity index (χ2n) is 4.67. The van der Waals surface area contributed by atoms with Gasteiger partial charge in [-0.25, -0.2) is 0 Å². The van der Waals surface area contributed by atoms with E-state index in [1.165, 1.54) is 0 Å². The average Bonchev–Trinajstić information content (AvgIpc) is 2.40. The molecular formula is C15H22N2O2. The number of nitrogens with zero attached hydrogens (tertiary/aromatic N) is 1. The largest absolute Gasteiger partial charge is 0.508 e. The molecule has 1 aromatic carbocycles. The Labute approximate surface area is 114 Å². The molecule has 1 atom stereocenters. The van der Waals surface area contributed by atoms with Crippen LogP contribution in [0.25, 0.3) is 0 Å². The third-order valence-corrected chi connectivity index (χ3v) is 2.99. The maximum absolute atomic E-state index is 12.0. The third kappa shape index (κ3) is 5.14. The molecule has 0 aliphatic heterocycles. The highest BCUT2D eigenvalue weighted by molar-refractivity contribution is 5.81. The molecular weight excluding hydrogens is 240 g/mol. The fourth-order valence-corrected chi connectivity index (χ4v) is 1.84. The smallest absolute Gasteiger partial charge is 0.239 e. The molecule has 0 saturated heterocycles. The molecule has 4 nitrogen and oxygen atoms in total. The SMILES string of the molecule is C=CCCCN(C)C(=O)C(N)Cc1ccc(O)cc1. The van der Waals surface area contributed by atoms with E-state index in [9.17, 15) is 9.90 Å². The molecule has 0 aliphatic rings. The van der Waals surface area contributed by atoms with Crippen molar-refractivity contribution in [2.45, 2.75) is 25.3 Å². The Balaban J connectivity index is 2.47. The molecule has 0 fully saturated rings. The number of rotatable bonds is 7. The van der Waals surface area contributed by atoms with E-state index in [0.29, 0.717) is 13.0 Å². The van der Waals surface area contributed by atoms with Crippen LogP contribution in [0.15, 0.2) is 36.9 Å². The van der Waals surface area contributed by atoms with E-state index in [2.05, 4.69) is 6.58 Å². The molecule has 0 aromatic heterocycles. The second-order valence-corrected chi connectivity index (χ2v) is 4.67. The number of hydrogen-bond donors (Lipinski definition) is 2. The Morgan fingerprint density at radius 2 is 2.11 bits per heavy atom. The molecule has 0 aliphatic carbocycles. The predicted molar refractivity (Wildman–Crippen MR) is 76.9 cm³/mol. The molecule has 0 spiro atoms. The van der Waals surface area contributed by atoms with Gasteiger partial charge in [-0.2, -0.15) is 0 Å². The first-order chi connectivity index (χ1) is 9.04.